The molecule has 8 heteroatoms. The maximum atomic E-state index is 13.3. The Morgan fingerprint density at radius 3 is 2.47 bits per heavy atom. The smallest absolute Gasteiger partial charge is 0.332 e. The van der Waals surface area contributed by atoms with E-state index in [1.54, 1.807) is 13.1 Å². The number of aromatic nitrogens is 4. The van der Waals surface area contributed by atoms with E-state index in [0.717, 1.165) is 18.1 Å². The predicted octanol–water partition coefficient (Wildman–Crippen LogP) is 2.62. The molecule has 4 aromatic rings. The number of imidazole rings is 1. The van der Waals surface area contributed by atoms with Crippen LogP contribution < -0.4 is 16.1 Å². The summed E-state index contributed by atoms with van der Waals surface area (Å²) in [6, 6.07) is 17.4. The zero-order chi connectivity index (χ0) is 20.8. The van der Waals surface area contributed by atoms with Crippen LogP contribution in [0.2, 0.25) is 5.02 Å². The van der Waals surface area contributed by atoms with Gasteiger partial charge in [-0.15, -0.1) is 0 Å². The lowest BCUT2D eigenvalue weighted by molar-refractivity contribution is 0.651. The number of hydrogen-bond acceptors (Lipinski definition) is 4. The molecule has 1 aliphatic rings. The van der Waals surface area contributed by atoms with Crippen LogP contribution in [-0.2, 0) is 26.7 Å². The topological polar surface area (TPSA) is 65.1 Å². The lowest BCUT2D eigenvalue weighted by Gasteiger charge is -2.15. The van der Waals surface area contributed by atoms with Gasteiger partial charge in [-0.1, -0.05) is 60.1 Å². The van der Waals surface area contributed by atoms with Gasteiger partial charge in [0, 0.05) is 31.7 Å². The van der Waals surface area contributed by atoms with Crippen molar-refractivity contribution in [1.29, 1.82) is 0 Å². The van der Waals surface area contributed by atoms with E-state index in [9.17, 15) is 9.59 Å². The van der Waals surface area contributed by atoms with Gasteiger partial charge in [-0.2, -0.15) is 4.98 Å². The van der Waals surface area contributed by atoms with Gasteiger partial charge < -0.3 is 9.47 Å². The first kappa shape index (κ1) is 18.7. The van der Waals surface area contributed by atoms with Crippen LogP contribution in [0, 0.1) is 0 Å². The zero-order valence-corrected chi connectivity index (χ0v) is 17.2. The largest absolute Gasteiger partial charge is 0.336 e. The van der Waals surface area contributed by atoms with E-state index in [2.05, 4.69) is 22.0 Å². The number of anilines is 1. The average molecular weight is 422 g/mol. The second-order valence-electron chi connectivity index (χ2n) is 7.47. The standard InChI is InChI=1S/C22H20ClN5O2/c1-25-19-18(20(29)28(22(25)30)14-16-9-5-6-10-17(16)23)27-12-11-26(21(27)24-19)13-15-7-3-2-4-8-15/h2-10H,11-14H2,1H3. The fraction of sp³-hybridized carbons (Fsp3) is 0.227. The first-order valence-corrected chi connectivity index (χ1v) is 10.1. The van der Waals surface area contributed by atoms with Gasteiger partial charge in [0.15, 0.2) is 11.2 Å². The molecular formula is C22H20ClN5O2. The fourth-order valence-corrected chi connectivity index (χ4v) is 4.22. The Bertz CT molecular complexity index is 1370. The lowest BCUT2D eigenvalue weighted by Crippen LogP contribution is -2.40. The number of aryl methyl sites for hydroxylation is 1. The van der Waals surface area contributed by atoms with Gasteiger partial charge in [0.1, 0.15) is 0 Å². The second-order valence-corrected chi connectivity index (χ2v) is 7.87. The number of nitrogens with zero attached hydrogens (tertiary/aromatic N) is 5. The highest BCUT2D eigenvalue weighted by Gasteiger charge is 2.28. The van der Waals surface area contributed by atoms with Gasteiger partial charge in [-0.3, -0.25) is 13.9 Å². The van der Waals surface area contributed by atoms with Crippen LogP contribution in [0.5, 0.6) is 0 Å². The minimum atomic E-state index is -0.404. The van der Waals surface area contributed by atoms with Crippen LogP contribution >= 0.6 is 11.6 Å². The van der Waals surface area contributed by atoms with Crippen LogP contribution in [0.3, 0.4) is 0 Å². The lowest BCUT2D eigenvalue weighted by atomic mass is 10.2. The molecule has 5 rings (SSSR count). The maximum absolute atomic E-state index is 13.3. The third kappa shape index (κ3) is 2.93. The zero-order valence-electron chi connectivity index (χ0n) is 16.5. The normalized spacial score (nSPS) is 13.2. The molecule has 0 aliphatic carbocycles. The number of benzene rings is 2. The van der Waals surface area contributed by atoms with Crippen molar-refractivity contribution in [2.75, 3.05) is 11.4 Å². The molecule has 0 radical (unpaired) electrons. The average Bonchev–Trinajstić information content (AvgIpc) is 3.32. The van der Waals surface area contributed by atoms with Crippen LogP contribution in [-0.4, -0.2) is 25.2 Å². The molecule has 3 heterocycles. The van der Waals surface area contributed by atoms with Crippen molar-refractivity contribution in [3.63, 3.8) is 0 Å². The Hall–Kier alpha value is -3.32. The Balaban J connectivity index is 1.62. The molecule has 2 aromatic heterocycles. The number of rotatable bonds is 4. The molecule has 0 saturated heterocycles. The maximum Gasteiger partial charge on any atom is 0.332 e. The quantitative estimate of drug-likeness (QED) is 0.508. The summed E-state index contributed by atoms with van der Waals surface area (Å²) in [6.07, 6.45) is 0. The summed E-state index contributed by atoms with van der Waals surface area (Å²) in [6.45, 7) is 2.24. The third-order valence-electron chi connectivity index (χ3n) is 5.59. The monoisotopic (exact) mass is 421 g/mol. The molecule has 2 aromatic carbocycles. The summed E-state index contributed by atoms with van der Waals surface area (Å²) in [7, 11) is 1.65. The minimum absolute atomic E-state index is 0.120. The van der Waals surface area contributed by atoms with E-state index in [0.29, 0.717) is 29.3 Å². The Morgan fingerprint density at radius 1 is 0.967 bits per heavy atom. The molecule has 7 nitrogen and oxygen atoms in total. The summed E-state index contributed by atoms with van der Waals surface area (Å²) in [4.78, 5) is 33.1. The van der Waals surface area contributed by atoms with Crippen LogP contribution in [0.15, 0.2) is 64.2 Å². The van der Waals surface area contributed by atoms with Crippen molar-refractivity contribution in [3.8, 4) is 0 Å². The van der Waals surface area contributed by atoms with Gasteiger partial charge in [0.2, 0.25) is 5.95 Å². The molecule has 0 spiro atoms. The Kier molecular flexibility index (Phi) is 4.47. The van der Waals surface area contributed by atoms with Crippen molar-refractivity contribution in [1.82, 2.24) is 18.7 Å². The van der Waals surface area contributed by atoms with Crippen molar-refractivity contribution in [2.45, 2.75) is 19.6 Å². The fourth-order valence-electron chi connectivity index (χ4n) is 4.02. The summed E-state index contributed by atoms with van der Waals surface area (Å²) in [5.41, 5.74) is 2.02. The molecule has 30 heavy (non-hydrogen) atoms. The summed E-state index contributed by atoms with van der Waals surface area (Å²) in [5, 5.41) is 0.527. The third-order valence-corrected chi connectivity index (χ3v) is 5.96. The predicted molar refractivity (Wildman–Crippen MR) is 117 cm³/mol. The van der Waals surface area contributed by atoms with Crippen LogP contribution in [0.25, 0.3) is 11.2 Å². The number of hydrogen-bond donors (Lipinski definition) is 0. The number of fused-ring (bicyclic) bond motifs is 3. The summed E-state index contributed by atoms with van der Waals surface area (Å²) >= 11 is 6.26. The van der Waals surface area contributed by atoms with Gasteiger partial charge in [-0.05, 0) is 17.2 Å². The van der Waals surface area contributed by atoms with E-state index in [1.807, 2.05) is 41.0 Å². The van der Waals surface area contributed by atoms with Crippen LogP contribution in [0.1, 0.15) is 11.1 Å². The molecule has 0 amide bonds. The Labute approximate surface area is 177 Å². The van der Waals surface area contributed by atoms with E-state index >= 15 is 0 Å². The van der Waals surface area contributed by atoms with Crippen molar-refractivity contribution in [2.24, 2.45) is 7.05 Å². The van der Waals surface area contributed by atoms with E-state index in [-0.39, 0.29) is 12.1 Å². The molecular weight excluding hydrogens is 402 g/mol. The van der Waals surface area contributed by atoms with Gasteiger partial charge in [0.05, 0.1) is 6.54 Å². The van der Waals surface area contributed by atoms with Crippen molar-refractivity contribution >= 4 is 28.7 Å². The first-order valence-electron chi connectivity index (χ1n) is 9.77. The van der Waals surface area contributed by atoms with Gasteiger partial charge in [0.25, 0.3) is 5.56 Å². The molecule has 1 aliphatic heterocycles. The summed E-state index contributed by atoms with van der Waals surface area (Å²) in [5.74, 6) is 0.719. The summed E-state index contributed by atoms with van der Waals surface area (Å²) < 4.78 is 4.60. The highest BCUT2D eigenvalue weighted by Crippen LogP contribution is 2.26. The molecule has 0 unspecified atom stereocenters. The molecule has 0 saturated carbocycles. The Morgan fingerprint density at radius 2 is 1.70 bits per heavy atom. The van der Waals surface area contributed by atoms with Gasteiger partial charge in [-0.25, -0.2) is 4.79 Å². The SMILES string of the molecule is Cn1c(=O)n(Cc2ccccc2Cl)c(=O)c2c1nc1n2CCN1Cc1ccccc1. The first-order chi connectivity index (χ1) is 14.5. The molecule has 0 N–H and O–H groups in total. The van der Waals surface area contributed by atoms with E-state index in [1.165, 1.54) is 14.7 Å². The van der Waals surface area contributed by atoms with Crippen LogP contribution in [0.4, 0.5) is 5.95 Å². The molecule has 0 fully saturated rings. The van der Waals surface area contributed by atoms with Gasteiger partial charge >= 0.3 is 5.69 Å². The highest BCUT2D eigenvalue weighted by molar-refractivity contribution is 6.31. The highest BCUT2D eigenvalue weighted by atomic mass is 35.5. The van der Waals surface area contributed by atoms with E-state index < -0.39 is 5.69 Å². The molecule has 0 atom stereocenters. The minimum Gasteiger partial charge on any atom is -0.336 e. The molecule has 0 bridgehead atoms. The number of halogens is 1. The second kappa shape index (κ2) is 7.18. The van der Waals surface area contributed by atoms with Crippen molar-refractivity contribution < 1.29 is 0 Å². The van der Waals surface area contributed by atoms with E-state index in [4.69, 9.17) is 11.6 Å². The molecule has 152 valence electrons. The van der Waals surface area contributed by atoms with Crippen molar-refractivity contribution in [3.05, 3.63) is 91.6 Å².